The summed E-state index contributed by atoms with van der Waals surface area (Å²) in [5.41, 5.74) is 4.30. The molecule has 0 amide bonds. The summed E-state index contributed by atoms with van der Waals surface area (Å²) in [4.78, 5) is 2.68. The van der Waals surface area contributed by atoms with Gasteiger partial charge in [-0.05, 0) is 60.2 Å². The van der Waals surface area contributed by atoms with Crippen molar-refractivity contribution in [3.8, 4) is 0 Å². The van der Waals surface area contributed by atoms with Crippen molar-refractivity contribution in [3.63, 3.8) is 0 Å². The minimum atomic E-state index is 0.709. The molecule has 0 aliphatic carbocycles. The number of hydrogen-bond acceptors (Lipinski definition) is 2. The van der Waals surface area contributed by atoms with Gasteiger partial charge in [0, 0.05) is 16.3 Å². The predicted octanol–water partition coefficient (Wildman–Crippen LogP) is 5.41. The van der Waals surface area contributed by atoms with Gasteiger partial charge in [0.05, 0.1) is 0 Å². The van der Waals surface area contributed by atoms with Gasteiger partial charge in [-0.2, -0.15) is 0 Å². The molecule has 1 N–H and O–H groups in total. The van der Waals surface area contributed by atoms with Crippen molar-refractivity contribution >= 4 is 17.3 Å². The maximum absolute atomic E-state index is 3.39. The van der Waals surface area contributed by atoms with Gasteiger partial charge in [0.2, 0.25) is 0 Å². The zero-order chi connectivity index (χ0) is 16.1. The molecule has 2 heteroatoms. The highest BCUT2D eigenvalue weighted by Crippen LogP contribution is 2.35. The Morgan fingerprint density at radius 1 is 1.04 bits per heavy atom. The van der Waals surface area contributed by atoms with E-state index in [0.29, 0.717) is 5.92 Å². The summed E-state index contributed by atoms with van der Waals surface area (Å²) in [7, 11) is 0. The summed E-state index contributed by atoms with van der Waals surface area (Å²) in [5.74, 6) is 0.709. The van der Waals surface area contributed by atoms with E-state index in [4.69, 9.17) is 0 Å². The van der Waals surface area contributed by atoms with E-state index in [1.54, 1.807) is 0 Å². The molecule has 0 spiro atoms. The van der Waals surface area contributed by atoms with E-state index < -0.39 is 0 Å². The Morgan fingerprint density at radius 2 is 1.83 bits per heavy atom. The van der Waals surface area contributed by atoms with Gasteiger partial charge >= 0.3 is 0 Å². The molecule has 1 heterocycles. The zero-order valence-corrected chi connectivity index (χ0v) is 14.8. The van der Waals surface area contributed by atoms with E-state index in [-0.39, 0.29) is 0 Å². The molecular weight excluding hydrogens is 298 g/mol. The molecule has 120 valence electrons. The topological polar surface area (TPSA) is 12.0 Å². The molecule has 1 aliphatic heterocycles. The lowest BCUT2D eigenvalue weighted by molar-refractivity contribution is 0.647. The number of nitrogens with one attached hydrogen (secondary N) is 1. The van der Waals surface area contributed by atoms with E-state index in [9.17, 15) is 0 Å². The fraction of sp³-hybridized carbons (Fsp3) is 0.333. The molecule has 1 aliphatic rings. The largest absolute Gasteiger partial charge is 0.313 e. The summed E-state index contributed by atoms with van der Waals surface area (Å²) in [5, 5.41) is 3.39. The SMILES string of the molecule is CC(C)Cc1ccc(Sc2ccccc2C2=CCNCC2)cc1. The molecule has 23 heavy (non-hydrogen) atoms. The zero-order valence-electron chi connectivity index (χ0n) is 14.0. The van der Waals surface area contributed by atoms with E-state index in [2.05, 4.69) is 73.8 Å². The molecule has 0 atom stereocenters. The summed E-state index contributed by atoms with van der Waals surface area (Å²) in [6.45, 7) is 6.60. The van der Waals surface area contributed by atoms with Crippen LogP contribution in [0.15, 0.2) is 64.4 Å². The number of hydrogen-bond donors (Lipinski definition) is 1. The second kappa shape index (κ2) is 7.85. The molecule has 3 rings (SSSR count). The maximum Gasteiger partial charge on any atom is 0.0197 e. The second-order valence-corrected chi connectivity index (χ2v) is 7.64. The van der Waals surface area contributed by atoms with E-state index in [0.717, 1.165) is 25.9 Å². The van der Waals surface area contributed by atoms with Crippen molar-refractivity contribution in [2.24, 2.45) is 5.92 Å². The lowest BCUT2D eigenvalue weighted by Gasteiger charge is -2.17. The standard InChI is InChI=1S/C21H25NS/c1-16(2)15-17-7-9-19(10-8-17)23-21-6-4-3-5-20(21)18-11-13-22-14-12-18/h3-11,16,22H,12-15H2,1-2H3. The quantitative estimate of drug-likeness (QED) is 0.789. The van der Waals surface area contributed by atoms with Crippen LogP contribution in [0.5, 0.6) is 0 Å². The highest BCUT2D eigenvalue weighted by molar-refractivity contribution is 7.99. The van der Waals surface area contributed by atoms with E-state index in [1.807, 2.05) is 11.8 Å². The maximum atomic E-state index is 3.39. The van der Waals surface area contributed by atoms with E-state index >= 15 is 0 Å². The van der Waals surface area contributed by atoms with Gasteiger partial charge in [-0.25, -0.2) is 0 Å². The van der Waals surface area contributed by atoms with Crippen LogP contribution in [0.4, 0.5) is 0 Å². The molecule has 0 saturated carbocycles. The Balaban J connectivity index is 1.79. The fourth-order valence-corrected chi connectivity index (χ4v) is 3.96. The average Bonchev–Trinajstić information content (AvgIpc) is 2.57. The molecular formula is C21H25NS. The predicted molar refractivity (Wildman–Crippen MR) is 101 cm³/mol. The Morgan fingerprint density at radius 3 is 2.52 bits per heavy atom. The monoisotopic (exact) mass is 323 g/mol. The van der Waals surface area contributed by atoms with Gasteiger partial charge in [0.1, 0.15) is 0 Å². The molecule has 0 fully saturated rings. The Bertz CT molecular complexity index is 670. The lowest BCUT2D eigenvalue weighted by Crippen LogP contribution is -2.20. The highest BCUT2D eigenvalue weighted by atomic mass is 32.2. The van der Waals surface area contributed by atoms with Gasteiger partial charge < -0.3 is 5.32 Å². The molecule has 2 aromatic carbocycles. The van der Waals surface area contributed by atoms with Crippen LogP contribution in [0.3, 0.4) is 0 Å². The summed E-state index contributed by atoms with van der Waals surface area (Å²) in [6, 6.07) is 17.8. The van der Waals surface area contributed by atoms with Crippen molar-refractivity contribution in [1.29, 1.82) is 0 Å². The highest BCUT2D eigenvalue weighted by Gasteiger charge is 2.11. The van der Waals surface area contributed by atoms with Gasteiger partial charge in [-0.15, -0.1) is 0 Å². The molecule has 0 saturated heterocycles. The summed E-state index contributed by atoms with van der Waals surface area (Å²) in [6.07, 6.45) is 4.60. The van der Waals surface area contributed by atoms with Crippen LogP contribution in [0.2, 0.25) is 0 Å². The lowest BCUT2D eigenvalue weighted by atomic mass is 10.0. The van der Waals surface area contributed by atoms with Crippen LogP contribution in [-0.2, 0) is 6.42 Å². The molecule has 0 bridgehead atoms. The van der Waals surface area contributed by atoms with Crippen molar-refractivity contribution in [1.82, 2.24) is 5.32 Å². The van der Waals surface area contributed by atoms with Crippen molar-refractivity contribution in [2.45, 2.75) is 36.5 Å². The first-order valence-electron chi connectivity index (χ1n) is 8.48. The first kappa shape index (κ1) is 16.4. The first-order chi connectivity index (χ1) is 11.2. The molecule has 0 radical (unpaired) electrons. The van der Waals surface area contributed by atoms with Crippen molar-refractivity contribution in [2.75, 3.05) is 13.1 Å². The Labute approximate surface area is 144 Å². The van der Waals surface area contributed by atoms with Crippen LogP contribution in [0.1, 0.15) is 31.4 Å². The minimum Gasteiger partial charge on any atom is -0.313 e. The number of benzene rings is 2. The van der Waals surface area contributed by atoms with Crippen LogP contribution in [0, 0.1) is 5.92 Å². The third kappa shape index (κ3) is 4.49. The normalized spacial score (nSPS) is 14.8. The first-order valence-corrected chi connectivity index (χ1v) is 9.30. The Hall–Kier alpha value is -1.51. The molecule has 0 unspecified atom stereocenters. The number of rotatable bonds is 5. The Kier molecular flexibility index (Phi) is 5.58. The minimum absolute atomic E-state index is 0.709. The summed E-state index contributed by atoms with van der Waals surface area (Å²) < 4.78 is 0. The van der Waals surface area contributed by atoms with Gasteiger partial charge in [-0.3, -0.25) is 0 Å². The average molecular weight is 324 g/mol. The van der Waals surface area contributed by atoms with E-state index in [1.165, 1.54) is 26.5 Å². The van der Waals surface area contributed by atoms with Gasteiger partial charge in [0.15, 0.2) is 0 Å². The smallest absolute Gasteiger partial charge is 0.0197 e. The van der Waals surface area contributed by atoms with Crippen LogP contribution >= 0.6 is 11.8 Å². The third-order valence-corrected chi connectivity index (χ3v) is 5.18. The second-order valence-electron chi connectivity index (χ2n) is 6.52. The molecule has 1 nitrogen and oxygen atoms in total. The van der Waals surface area contributed by atoms with Gasteiger partial charge in [0.25, 0.3) is 0 Å². The third-order valence-electron chi connectivity index (χ3n) is 4.09. The summed E-state index contributed by atoms with van der Waals surface area (Å²) >= 11 is 1.87. The van der Waals surface area contributed by atoms with Crippen LogP contribution in [-0.4, -0.2) is 13.1 Å². The van der Waals surface area contributed by atoms with Gasteiger partial charge in [-0.1, -0.05) is 62.0 Å². The molecule has 0 aromatic heterocycles. The van der Waals surface area contributed by atoms with Crippen molar-refractivity contribution < 1.29 is 0 Å². The fourth-order valence-electron chi connectivity index (χ4n) is 2.98. The van der Waals surface area contributed by atoms with Crippen LogP contribution in [0.25, 0.3) is 5.57 Å². The molecule has 2 aromatic rings. The van der Waals surface area contributed by atoms with Crippen molar-refractivity contribution in [3.05, 3.63) is 65.7 Å². The van der Waals surface area contributed by atoms with Crippen LogP contribution < -0.4 is 5.32 Å².